The zero-order valence-corrected chi connectivity index (χ0v) is 18.7. The van der Waals surface area contributed by atoms with Gasteiger partial charge in [0.15, 0.2) is 11.6 Å². The average Bonchev–Trinajstić information content (AvgIpc) is 2.95. The number of hydrogen-bond acceptors (Lipinski definition) is 5. The van der Waals surface area contributed by atoms with E-state index >= 15 is 0 Å². The van der Waals surface area contributed by atoms with E-state index in [0.717, 1.165) is 42.4 Å². The fourth-order valence-electron chi connectivity index (χ4n) is 3.15. The maximum atomic E-state index is 4.43. The summed E-state index contributed by atoms with van der Waals surface area (Å²) in [5, 5.41) is 12.0. The molecule has 0 aliphatic carbocycles. The number of aliphatic imine (C=N–C) groups is 1. The minimum Gasteiger partial charge on any atom is -0.368 e. The van der Waals surface area contributed by atoms with E-state index in [2.05, 4.69) is 63.3 Å². The van der Waals surface area contributed by atoms with Crippen LogP contribution in [0.5, 0.6) is 0 Å². The summed E-state index contributed by atoms with van der Waals surface area (Å²) in [6, 6.07) is 0. The van der Waals surface area contributed by atoms with Crippen molar-refractivity contribution >= 4 is 46.8 Å². The third kappa shape index (κ3) is 3.45. The zero-order chi connectivity index (χ0) is 18.2. The number of nitrogens with zero attached hydrogens (tertiary/aromatic N) is 6. The van der Waals surface area contributed by atoms with Gasteiger partial charge >= 0.3 is 0 Å². The highest BCUT2D eigenvalue weighted by molar-refractivity contribution is 14.0. The van der Waals surface area contributed by atoms with E-state index in [1.165, 1.54) is 0 Å². The molecule has 1 saturated heterocycles. The summed E-state index contributed by atoms with van der Waals surface area (Å²) in [6.45, 7) is 11.6. The topological polar surface area (TPSA) is 83.3 Å². The summed E-state index contributed by atoms with van der Waals surface area (Å²) in [7, 11) is 3.71. The molecule has 144 valence electrons. The Kier molecular flexibility index (Phi) is 5.99. The molecule has 0 bridgehead atoms. The van der Waals surface area contributed by atoms with Gasteiger partial charge in [-0.15, -0.1) is 24.0 Å². The molecule has 0 amide bonds. The van der Waals surface area contributed by atoms with Crippen LogP contribution < -0.4 is 10.6 Å². The fraction of sp³-hybridized carbons (Fsp3) is 0.647. The van der Waals surface area contributed by atoms with Crippen LogP contribution in [0.3, 0.4) is 0 Å². The molecule has 1 fully saturated rings. The van der Waals surface area contributed by atoms with Crippen molar-refractivity contribution in [2.45, 2.75) is 33.2 Å². The van der Waals surface area contributed by atoms with Crippen molar-refractivity contribution in [1.29, 1.82) is 0 Å². The third-order valence-corrected chi connectivity index (χ3v) is 5.58. The largest absolute Gasteiger partial charge is 0.368 e. The molecule has 3 rings (SSSR count). The molecule has 26 heavy (non-hydrogen) atoms. The van der Waals surface area contributed by atoms with E-state index in [1.54, 1.807) is 17.2 Å². The summed E-state index contributed by atoms with van der Waals surface area (Å²) in [6.07, 6.45) is 3.35. The Morgan fingerprint density at radius 1 is 1.23 bits per heavy atom. The molecule has 8 nitrogen and oxygen atoms in total. The number of nitrogens with one attached hydrogen (secondary N) is 2. The smallest absolute Gasteiger partial charge is 0.194 e. The maximum Gasteiger partial charge on any atom is 0.194 e. The average molecular weight is 472 g/mol. The lowest BCUT2D eigenvalue weighted by Gasteiger charge is -2.62. The van der Waals surface area contributed by atoms with Gasteiger partial charge in [-0.2, -0.15) is 5.10 Å². The highest BCUT2D eigenvalue weighted by Crippen LogP contribution is 2.46. The Morgan fingerprint density at radius 3 is 2.58 bits per heavy atom. The van der Waals surface area contributed by atoms with Crippen LogP contribution in [0.2, 0.25) is 0 Å². The standard InChI is InChI=1S/C17H28N8.HI/c1-16(2)10-25(17(16,3)4)15(18-5)20-8-7-19-13-12-9-23-24(6)14(12)22-11-21-13;/h9,11H,7-8,10H2,1-6H3,(H,18,20)(H,19,21,22);1H. The fourth-order valence-corrected chi connectivity index (χ4v) is 3.15. The van der Waals surface area contributed by atoms with Crippen LogP contribution in [-0.4, -0.2) is 62.8 Å². The number of fused-ring (bicyclic) bond motifs is 1. The molecule has 2 N–H and O–H groups in total. The first kappa shape index (κ1) is 20.7. The quantitative estimate of drug-likeness (QED) is 0.307. The zero-order valence-electron chi connectivity index (χ0n) is 16.4. The van der Waals surface area contributed by atoms with E-state index in [1.807, 2.05) is 14.1 Å². The molecular formula is C17H29IN8. The first-order valence-electron chi connectivity index (χ1n) is 8.63. The number of guanidine groups is 1. The molecule has 0 unspecified atom stereocenters. The molecule has 3 heterocycles. The van der Waals surface area contributed by atoms with Crippen molar-refractivity contribution in [3.63, 3.8) is 0 Å². The molecule has 9 heteroatoms. The van der Waals surface area contributed by atoms with Gasteiger partial charge in [0.1, 0.15) is 12.1 Å². The van der Waals surface area contributed by atoms with Gasteiger partial charge in [-0.3, -0.25) is 9.67 Å². The normalized spacial score (nSPS) is 18.2. The van der Waals surface area contributed by atoms with E-state index < -0.39 is 0 Å². The summed E-state index contributed by atoms with van der Waals surface area (Å²) in [5.74, 6) is 1.75. The van der Waals surface area contributed by atoms with Crippen molar-refractivity contribution in [3.05, 3.63) is 12.5 Å². The Labute approximate surface area is 171 Å². The number of aryl methyl sites for hydroxylation is 1. The molecule has 0 saturated carbocycles. The van der Waals surface area contributed by atoms with E-state index in [9.17, 15) is 0 Å². The molecule has 2 aromatic rings. The maximum absolute atomic E-state index is 4.43. The van der Waals surface area contributed by atoms with Crippen LogP contribution >= 0.6 is 24.0 Å². The van der Waals surface area contributed by atoms with Gasteiger partial charge in [0.05, 0.1) is 11.6 Å². The number of halogens is 1. The minimum atomic E-state index is 0. The second-order valence-electron chi connectivity index (χ2n) is 7.66. The van der Waals surface area contributed by atoms with Gasteiger partial charge in [0.25, 0.3) is 0 Å². The van der Waals surface area contributed by atoms with Crippen LogP contribution in [0.4, 0.5) is 5.82 Å². The van der Waals surface area contributed by atoms with Gasteiger partial charge in [0, 0.05) is 44.7 Å². The Morgan fingerprint density at radius 2 is 1.96 bits per heavy atom. The molecule has 2 aromatic heterocycles. The predicted octanol–water partition coefficient (Wildman–Crippen LogP) is 2.09. The van der Waals surface area contributed by atoms with Crippen LogP contribution in [0.15, 0.2) is 17.5 Å². The number of aromatic nitrogens is 4. The molecule has 0 aromatic carbocycles. The highest BCUT2D eigenvalue weighted by atomic mass is 127. The minimum absolute atomic E-state index is 0. The van der Waals surface area contributed by atoms with Crippen LogP contribution in [0.25, 0.3) is 11.0 Å². The second-order valence-corrected chi connectivity index (χ2v) is 7.66. The predicted molar refractivity (Wildman–Crippen MR) is 116 cm³/mol. The summed E-state index contributed by atoms with van der Waals surface area (Å²) in [4.78, 5) is 15.3. The van der Waals surface area contributed by atoms with Gasteiger partial charge in [0.2, 0.25) is 0 Å². The van der Waals surface area contributed by atoms with Crippen molar-refractivity contribution in [1.82, 2.24) is 30.0 Å². The summed E-state index contributed by atoms with van der Waals surface area (Å²) in [5.41, 5.74) is 1.21. The highest BCUT2D eigenvalue weighted by Gasteiger charge is 2.53. The summed E-state index contributed by atoms with van der Waals surface area (Å²) < 4.78 is 1.75. The number of likely N-dealkylation sites (tertiary alicyclic amines) is 1. The Balaban J connectivity index is 0.00000243. The molecule has 1 aliphatic heterocycles. The van der Waals surface area contributed by atoms with Gasteiger partial charge < -0.3 is 15.5 Å². The van der Waals surface area contributed by atoms with Crippen LogP contribution in [-0.2, 0) is 7.05 Å². The van der Waals surface area contributed by atoms with Crippen molar-refractivity contribution in [2.24, 2.45) is 17.5 Å². The Bertz CT molecular complexity index is 795. The molecular weight excluding hydrogens is 443 g/mol. The lowest BCUT2D eigenvalue weighted by atomic mass is 9.65. The molecule has 1 aliphatic rings. The van der Waals surface area contributed by atoms with Gasteiger partial charge in [-0.1, -0.05) is 13.8 Å². The monoisotopic (exact) mass is 472 g/mol. The van der Waals surface area contributed by atoms with E-state index in [-0.39, 0.29) is 34.9 Å². The summed E-state index contributed by atoms with van der Waals surface area (Å²) >= 11 is 0. The van der Waals surface area contributed by atoms with Crippen molar-refractivity contribution < 1.29 is 0 Å². The van der Waals surface area contributed by atoms with E-state index in [4.69, 9.17) is 0 Å². The first-order valence-corrected chi connectivity index (χ1v) is 8.63. The van der Waals surface area contributed by atoms with Crippen LogP contribution in [0.1, 0.15) is 27.7 Å². The van der Waals surface area contributed by atoms with E-state index in [0.29, 0.717) is 0 Å². The first-order chi connectivity index (χ1) is 11.8. The SMILES string of the molecule is CN=C(NCCNc1ncnc2c1cnn2C)N1CC(C)(C)C1(C)C.I. The number of anilines is 1. The molecule has 0 spiro atoms. The molecule has 0 radical (unpaired) electrons. The number of hydrogen-bond donors (Lipinski definition) is 2. The lowest BCUT2D eigenvalue weighted by Crippen LogP contribution is -2.72. The third-order valence-electron chi connectivity index (χ3n) is 5.58. The number of rotatable bonds is 4. The molecule has 0 atom stereocenters. The lowest BCUT2D eigenvalue weighted by molar-refractivity contribution is -0.0666. The van der Waals surface area contributed by atoms with Crippen LogP contribution in [0, 0.1) is 5.41 Å². The Hall–Kier alpha value is -1.65. The van der Waals surface area contributed by atoms with Gasteiger partial charge in [-0.05, 0) is 13.8 Å². The van der Waals surface area contributed by atoms with Gasteiger partial charge in [-0.25, -0.2) is 9.97 Å². The van der Waals surface area contributed by atoms with Crippen molar-refractivity contribution in [2.75, 3.05) is 32.0 Å². The second kappa shape index (κ2) is 7.53. The van der Waals surface area contributed by atoms with Crippen molar-refractivity contribution in [3.8, 4) is 0 Å².